The molecule has 110 valence electrons. The first-order valence-corrected chi connectivity index (χ1v) is 7.60. The van der Waals surface area contributed by atoms with Crippen molar-refractivity contribution in [3.05, 3.63) is 23.0 Å². The summed E-state index contributed by atoms with van der Waals surface area (Å²) in [7, 11) is 0. The van der Waals surface area contributed by atoms with E-state index in [1.54, 1.807) is 0 Å². The van der Waals surface area contributed by atoms with Gasteiger partial charge in [-0.1, -0.05) is 19.4 Å². The molecule has 0 unspecified atom stereocenters. The molecule has 0 aliphatic carbocycles. The molecule has 0 spiro atoms. The molecule has 0 radical (unpaired) electrons. The molecular formula is C15H22N2O2S. The van der Waals surface area contributed by atoms with Gasteiger partial charge in [-0.3, -0.25) is 0 Å². The average Bonchev–Trinajstić information content (AvgIpc) is 2.76. The molecule has 4 nitrogen and oxygen atoms in total. The molecule has 2 aromatic rings. The maximum Gasteiger partial charge on any atom is 0.178 e. The summed E-state index contributed by atoms with van der Waals surface area (Å²) in [5.74, 6) is 0.849. The van der Waals surface area contributed by atoms with Crippen LogP contribution in [0.1, 0.15) is 26.7 Å². The Labute approximate surface area is 124 Å². The number of rotatable bonds is 8. The monoisotopic (exact) mass is 294 g/mol. The third-order valence-corrected chi connectivity index (χ3v) is 3.50. The van der Waals surface area contributed by atoms with Gasteiger partial charge in [0.2, 0.25) is 0 Å². The third-order valence-electron chi connectivity index (χ3n) is 3.17. The Morgan fingerprint density at radius 2 is 2.10 bits per heavy atom. The van der Waals surface area contributed by atoms with E-state index < -0.39 is 0 Å². The number of benzene rings is 1. The number of nitrogens with zero attached hydrogens (tertiary/aromatic N) is 1. The lowest BCUT2D eigenvalue weighted by molar-refractivity contribution is 0.124. The number of para-hydroxylation sites is 1. The van der Waals surface area contributed by atoms with Gasteiger partial charge in [0, 0.05) is 13.2 Å². The van der Waals surface area contributed by atoms with Crippen molar-refractivity contribution in [3.63, 3.8) is 0 Å². The van der Waals surface area contributed by atoms with Crippen LogP contribution in [0.2, 0.25) is 0 Å². The molecule has 1 heterocycles. The van der Waals surface area contributed by atoms with E-state index in [1.807, 2.05) is 19.1 Å². The molecule has 0 atom stereocenters. The molecule has 0 saturated carbocycles. The molecule has 5 heteroatoms. The summed E-state index contributed by atoms with van der Waals surface area (Å²) in [6.45, 7) is 7.04. The lowest BCUT2D eigenvalue weighted by Gasteiger charge is -2.07. The summed E-state index contributed by atoms with van der Waals surface area (Å²) in [6, 6.07) is 6.00. The molecule has 0 aliphatic rings. The standard InChI is InChI=1S/C15H22N2O2S/c1-3-5-10-18-11-9-17-12-7-6-8-13(19-4-2)14(12)16-15(17)20/h6-8H,3-5,9-11H2,1-2H3,(H,16,20). The van der Waals surface area contributed by atoms with Gasteiger partial charge < -0.3 is 19.0 Å². The Hall–Kier alpha value is -1.33. The van der Waals surface area contributed by atoms with Crippen molar-refractivity contribution in [2.75, 3.05) is 19.8 Å². The summed E-state index contributed by atoms with van der Waals surface area (Å²) in [5, 5.41) is 0. The third kappa shape index (κ3) is 3.41. The Bertz CT molecular complexity index is 603. The highest BCUT2D eigenvalue weighted by Gasteiger charge is 2.08. The van der Waals surface area contributed by atoms with E-state index in [2.05, 4.69) is 22.5 Å². The Kier molecular flexibility index (Phi) is 5.61. The number of hydrogen-bond acceptors (Lipinski definition) is 3. The maximum absolute atomic E-state index is 5.62. The largest absolute Gasteiger partial charge is 0.492 e. The van der Waals surface area contributed by atoms with E-state index in [9.17, 15) is 0 Å². The first-order valence-electron chi connectivity index (χ1n) is 7.20. The van der Waals surface area contributed by atoms with Crippen LogP contribution in [0.15, 0.2) is 18.2 Å². The van der Waals surface area contributed by atoms with Crippen molar-refractivity contribution < 1.29 is 9.47 Å². The molecular weight excluding hydrogens is 272 g/mol. The molecule has 2 rings (SSSR count). The topological polar surface area (TPSA) is 39.2 Å². The number of ether oxygens (including phenoxy) is 2. The van der Waals surface area contributed by atoms with Crippen molar-refractivity contribution in [2.24, 2.45) is 0 Å². The minimum absolute atomic E-state index is 0.644. The highest BCUT2D eigenvalue weighted by atomic mass is 32.1. The summed E-state index contributed by atoms with van der Waals surface area (Å²) >= 11 is 5.39. The fourth-order valence-electron chi connectivity index (χ4n) is 2.16. The lowest BCUT2D eigenvalue weighted by atomic mass is 10.3. The SMILES string of the molecule is CCCCOCCn1c(=S)[nH]c2c(OCC)cccc21. The average molecular weight is 294 g/mol. The smallest absolute Gasteiger partial charge is 0.178 e. The minimum Gasteiger partial charge on any atom is -0.492 e. The summed E-state index contributed by atoms with van der Waals surface area (Å²) in [6.07, 6.45) is 2.26. The van der Waals surface area contributed by atoms with Gasteiger partial charge in [0.1, 0.15) is 11.3 Å². The zero-order valence-corrected chi connectivity index (χ0v) is 13.0. The van der Waals surface area contributed by atoms with Crippen LogP contribution in [0.5, 0.6) is 5.75 Å². The Balaban J connectivity index is 2.15. The van der Waals surface area contributed by atoms with Gasteiger partial charge in [-0.25, -0.2) is 0 Å². The van der Waals surface area contributed by atoms with Crippen LogP contribution >= 0.6 is 12.2 Å². The molecule has 1 aromatic carbocycles. The normalized spacial score (nSPS) is 11.1. The van der Waals surface area contributed by atoms with E-state index in [0.29, 0.717) is 18.0 Å². The Morgan fingerprint density at radius 1 is 1.25 bits per heavy atom. The predicted octanol–water partition coefficient (Wildman–Crippen LogP) is 3.91. The fourth-order valence-corrected chi connectivity index (χ4v) is 2.45. The van der Waals surface area contributed by atoms with Gasteiger partial charge in [-0.15, -0.1) is 0 Å². The van der Waals surface area contributed by atoms with Crippen LogP contribution in [-0.2, 0) is 11.3 Å². The van der Waals surface area contributed by atoms with Crippen molar-refractivity contribution >= 4 is 23.3 Å². The van der Waals surface area contributed by atoms with Gasteiger partial charge in [-0.2, -0.15) is 0 Å². The number of unbranched alkanes of at least 4 members (excludes halogenated alkanes) is 1. The first kappa shape index (κ1) is 15.1. The zero-order chi connectivity index (χ0) is 14.4. The maximum atomic E-state index is 5.62. The number of fused-ring (bicyclic) bond motifs is 1. The minimum atomic E-state index is 0.644. The van der Waals surface area contributed by atoms with E-state index in [1.165, 1.54) is 0 Å². The summed E-state index contributed by atoms with van der Waals surface area (Å²) in [5.41, 5.74) is 2.04. The highest BCUT2D eigenvalue weighted by Crippen LogP contribution is 2.24. The Morgan fingerprint density at radius 3 is 2.85 bits per heavy atom. The van der Waals surface area contributed by atoms with E-state index in [0.717, 1.165) is 42.8 Å². The number of nitrogens with one attached hydrogen (secondary N) is 1. The lowest BCUT2D eigenvalue weighted by Crippen LogP contribution is -2.06. The molecule has 0 amide bonds. The van der Waals surface area contributed by atoms with Gasteiger partial charge in [0.05, 0.1) is 18.7 Å². The summed E-state index contributed by atoms with van der Waals surface area (Å²) < 4.78 is 14.0. The second kappa shape index (κ2) is 7.45. The van der Waals surface area contributed by atoms with Crippen LogP contribution in [0.3, 0.4) is 0 Å². The van der Waals surface area contributed by atoms with Crippen LogP contribution in [0.4, 0.5) is 0 Å². The van der Waals surface area contributed by atoms with Crippen molar-refractivity contribution in [2.45, 2.75) is 33.2 Å². The molecule has 0 aliphatic heterocycles. The first-order chi connectivity index (χ1) is 9.77. The fraction of sp³-hybridized carbons (Fsp3) is 0.533. The highest BCUT2D eigenvalue weighted by molar-refractivity contribution is 7.71. The second-order valence-electron chi connectivity index (χ2n) is 4.63. The molecule has 1 N–H and O–H groups in total. The molecule has 20 heavy (non-hydrogen) atoms. The molecule has 0 bridgehead atoms. The van der Waals surface area contributed by atoms with E-state index >= 15 is 0 Å². The van der Waals surface area contributed by atoms with Crippen LogP contribution in [-0.4, -0.2) is 29.4 Å². The zero-order valence-electron chi connectivity index (χ0n) is 12.1. The van der Waals surface area contributed by atoms with Crippen LogP contribution in [0, 0.1) is 4.77 Å². The predicted molar refractivity (Wildman–Crippen MR) is 84.0 cm³/mol. The van der Waals surface area contributed by atoms with Crippen molar-refractivity contribution in [3.8, 4) is 5.75 Å². The number of H-pyrrole nitrogens is 1. The van der Waals surface area contributed by atoms with Crippen LogP contribution in [0.25, 0.3) is 11.0 Å². The number of hydrogen-bond donors (Lipinski definition) is 1. The molecule has 1 aromatic heterocycles. The van der Waals surface area contributed by atoms with E-state index in [-0.39, 0.29) is 0 Å². The van der Waals surface area contributed by atoms with Crippen LogP contribution < -0.4 is 4.74 Å². The second-order valence-corrected chi connectivity index (χ2v) is 5.02. The van der Waals surface area contributed by atoms with Gasteiger partial charge in [-0.05, 0) is 37.7 Å². The van der Waals surface area contributed by atoms with Gasteiger partial charge in [0.25, 0.3) is 0 Å². The quantitative estimate of drug-likeness (QED) is 0.592. The number of aromatic amines is 1. The van der Waals surface area contributed by atoms with Crippen molar-refractivity contribution in [1.29, 1.82) is 0 Å². The van der Waals surface area contributed by atoms with Gasteiger partial charge in [0.15, 0.2) is 4.77 Å². The number of imidazole rings is 1. The van der Waals surface area contributed by atoms with Gasteiger partial charge >= 0.3 is 0 Å². The van der Waals surface area contributed by atoms with Crippen molar-refractivity contribution in [1.82, 2.24) is 9.55 Å². The molecule has 0 fully saturated rings. The molecule has 0 saturated heterocycles. The van der Waals surface area contributed by atoms with E-state index in [4.69, 9.17) is 21.7 Å². The number of aromatic nitrogens is 2. The summed E-state index contributed by atoms with van der Waals surface area (Å²) in [4.78, 5) is 3.23.